The number of piperidine rings is 1. The predicted octanol–water partition coefficient (Wildman–Crippen LogP) is 2.42. The fourth-order valence-electron chi connectivity index (χ4n) is 4.48. The zero-order valence-corrected chi connectivity index (χ0v) is 13.9. The largest absolute Gasteiger partial charge is 0.330 e. The molecular weight excluding hydrogens is 246 g/mol. The van der Waals surface area contributed by atoms with E-state index in [1.165, 1.54) is 64.7 Å². The van der Waals surface area contributed by atoms with Gasteiger partial charge in [-0.15, -0.1) is 0 Å². The van der Waals surface area contributed by atoms with Crippen LogP contribution in [0.5, 0.6) is 0 Å². The molecule has 2 rings (SSSR count). The van der Waals surface area contributed by atoms with Crippen molar-refractivity contribution < 1.29 is 0 Å². The van der Waals surface area contributed by atoms with Crippen molar-refractivity contribution in [3.63, 3.8) is 0 Å². The molecule has 3 heteroatoms. The van der Waals surface area contributed by atoms with Gasteiger partial charge in [-0.1, -0.05) is 19.8 Å². The molecule has 1 aliphatic carbocycles. The maximum absolute atomic E-state index is 6.18. The molecule has 1 saturated carbocycles. The number of rotatable bonds is 5. The molecule has 2 unspecified atom stereocenters. The van der Waals surface area contributed by atoms with E-state index in [1.54, 1.807) is 0 Å². The van der Waals surface area contributed by atoms with Gasteiger partial charge in [-0.2, -0.15) is 0 Å². The van der Waals surface area contributed by atoms with Crippen molar-refractivity contribution in [1.82, 2.24) is 9.80 Å². The van der Waals surface area contributed by atoms with Crippen molar-refractivity contribution in [1.29, 1.82) is 0 Å². The second-order valence-corrected chi connectivity index (χ2v) is 7.89. The Labute approximate surface area is 125 Å². The average molecular weight is 281 g/mol. The Morgan fingerprint density at radius 3 is 2.45 bits per heavy atom. The van der Waals surface area contributed by atoms with E-state index in [2.05, 4.69) is 30.8 Å². The lowest BCUT2D eigenvalue weighted by molar-refractivity contribution is 0.0643. The number of nitrogens with two attached hydrogens (primary N) is 1. The highest BCUT2D eigenvalue weighted by Gasteiger charge is 2.36. The molecule has 1 saturated heterocycles. The Morgan fingerprint density at radius 1 is 1.20 bits per heavy atom. The van der Waals surface area contributed by atoms with Crippen molar-refractivity contribution in [3.05, 3.63) is 0 Å². The first-order valence-electron chi connectivity index (χ1n) is 8.60. The van der Waals surface area contributed by atoms with Gasteiger partial charge in [-0.25, -0.2) is 0 Å². The van der Waals surface area contributed by atoms with Crippen molar-refractivity contribution >= 4 is 0 Å². The van der Waals surface area contributed by atoms with Gasteiger partial charge in [0.05, 0.1) is 0 Å². The fraction of sp³-hybridized carbons (Fsp3) is 1.00. The van der Waals surface area contributed by atoms with E-state index >= 15 is 0 Å². The minimum Gasteiger partial charge on any atom is -0.330 e. The van der Waals surface area contributed by atoms with Crippen LogP contribution in [-0.2, 0) is 0 Å². The molecule has 0 aromatic heterocycles. The monoisotopic (exact) mass is 281 g/mol. The van der Waals surface area contributed by atoms with Crippen LogP contribution < -0.4 is 5.73 Å². The molecule has 2 N–H and O–H groups in total. The SMILES string of the molecule is CC1CCCC(CN)(CN2CCC(CN(C)C)CC2)C1. The zero-order valence-electron chi connectivity index (χ0n) is 13.9. The molecule has 0 radical (unpaired) electrons. The first kappa shape index (κ1) is 16.3. The van der Waals surface area contributed by atoms with Gasteiger partial charge in [0.1, 0.15) is 0 Å². The third kappa shape index (κ3) is 4.44. The van der Waals surface area contributed by atoms with Crippen molar-refractivity contribution in [2.75, 3.05) is 46.8 Å². The van der Waals surface area contributed by atoms with Crippen LogP contribution in [0, 0.1) is 17.3 Å². The highest BCUT2D eigenvalue weighted by Crippen LogP contribution is 2.39. The second-order valence-electron chi connectivity index (χ2n) is 7.89. The summed E-state index contributed by atoms with van der Waals surface area (Å²) in [7, 11) is 4.39. The second kappa shape index (κ2) is 7.24. The third-order valence-corrected chi connectivity index (χ3v) is 5.51. The van der Waals surface area contributed by atoms with Crippen LogP contribution >= 0.6 is 0 Å². The molecule has 1 aliphatic heterocycles. The molecule has 1 heterocycles. The van der Waals surface area contributed by atoms with Gasteiger partial charge in [0.2, 0.25) is 0 Å². The number of likely N-dealkylation sites (tertiary alicyclic amines) is 1. The lowest BCUT2D eigenvalue weighted by Gasteiger charge is -2.44. The van der Waals surface area contributed by atoms with Crippen molar-refractivity contribution in [3.8, 4) is 0 Å². The summed E-state index contributed by atoms with van der Waals surface area (Å²) in [6.45, 7) is 8.38. The molecular formula is C17H35N3. The molecule has 20 heavy (non-hydrogen) atoms. The molecule has 118 valence electrons. The van der Waals surface area contributed by atoms with Crippen molar-refractivity contribution in [2.45, 2.75) is 45.4 Å². The van der Waals surface area contributed by atoms with E-state index in [0.29, 0.717) is 5.41 Å². The Morgan fingerprint density at radius 2 is 1.90 bits per heavy atom. The Hall–Kier alpha value is -0.120. The summed E-state index contributed by atoms with van der Waals surface area (Å²) in [6.07, 6.45) is 8.23. The van der Waals surface area contributed by atoms with Crippen LogP contribution in [0.2, 0.25) is 0 Å². The molecule has 2 atom stereocenters. The van der Waals surface area contributed by atoms with Gasteiger partial charge < -0.3 is 15.5 Å². The average Bonchev–Trinajstić information content (AvgIpc) is 2.40. The lowest BCUT2D eigenvalue weighted by Crippen LogP contribution is -2.48. The normalized spacial score (nSPS) is 33.8. The van der Waals surface area contributed by atoms with E-state index in [4.69, 9.17) is 5.73 Å². The first-order chi connectivity index (χ1) is 9.53. The van der Waals surface area contributed by atoms with Crippen LogP contribution in [0.15, 0.2) is 0 Å². The summed E-state index contributed by atoms with van der Waals surface area (Å²) >= 11 is 0. The van der Waals surface area contributed by atoms with E-state index in [-0.39, 0.29) is 0 Å². The maximum atomic E-state index is 6.18. The van der Waals surface area contributed by atoms with Gasteiger partial charge in [-0.05, 0) is 76.7 Å². The van der Waals surface area contributed by atoms with E-state index in [1.807, 2.05) is 0 Å². The van der Waals surface area contributed by atoms with E-state index < -0.39 is 0 Å². The number of nitrogens with zero attached hydrogens (tertiary/aromatic N) is 2. The van der Waals surface area contributed by atoms with Gasteiger partial charge in [0, 0.05) is 13.1 Å². The van der Waals surface area contributed by atoms with Crippen LogP contribution in [0.3, 0.4) is 0 Å². The highest BCUT2D eigenvalue weighted by molar-refractivity contribution is 4.90. The van der Waals surface area contributed by atoms with E-state index in [0.717, 1.165) is 18.4 Å². The number of hydrogen-bond donors (Lipinski definition) is 1. The minimum absolute atomic E-state index is 0.423. The van der Waals surface area contributed by atoms with Crippen LogP contribution in [0.1, 0.15) is 45.4 Å². The Bertz CT molecular complexity index is 284. The van der Waals surface area contributed by atoms with Gasteiger partial charge >= 0.3 is 0 Å². The predicted molar refractivity (Wildman–Crippen MR) is 86.8 cm³/mol. The standard InChI is InChI=1S/C17H35N3/c1-15-5-4-8-17(11-15,13-18)14-20-9-6-16(7-10-20)12-19(2)3/h15-16H,4-14,18H2,1-3H3. The zero-order chi connectivity index (χ0) is 14.6. The summed E-state index contributed by atoms with van der Waals surface area (Å²) in [5.74, 6) is 1.78. The number of hydrogen-bond acceptors (Lipinski definition) is 3. The quantitative estimate of drug-likeness (QED) is 0.840. The van der Waals surface area contributed by atoms with Crippen molar-refractivity contribution in [2.24, 2.45) is 23.0 Å². The summed E-state index contributed by atoms with van der Waals surface area (Å²) in [6, 6.07) is 0. The topological polar surface area (TPSA) is 32.5 Å². The third-order valence-electron chi connectivity index (χ3n) is 5.51. The summed E-state index contributed by atoms with van der Waals surface area (Å²) in [5.41, 5.74) is 6.60. The van der Waals surface area contributed by atoms with Crippen LogP contribution in [0.25, 0.3) is 0 Å². The fourth-order valence-corrected chi connectivity index (χ4v) is 4.48. The van der Waals surface area contributed by atoms with E-state index in [9.17, 15) is 0 Å². The Kier molecular flexibility index (Phi) is 5.88. The summed E-state index contributed by atoms with van der Waals surface area (Å²) < 4.78 is 0. The molecule has 2 fully saturated rings. The summed E-state index contributed by atoms with van der Waals surface area (Å²) in [4.78, 5) is 5.04. The molecule has 2 aliphatic rings. The molecule has 0 amide bonds. The molecule has 0 aromatic carbocycles. The highest BCUT2D eigenvalue weighted by atomic mass is 15.1. The molecule has 0 aromatic rings. The molecule has 0 bridgehead atoms. The van der Waals surface area contributed by atoms with Gasteiger partial charge in [0.15, 0.2) is 0 Å². The maximum Gasteiger partial charge on any atom is 0.00502 e. The van der Waals surface area contributed by atoms with Gasteiger partial charge in [-0.3, -0.25) is 0 Å². The summed E-state index contributed by atoms with van der Waals surface area (Å²) in [5, 5.41) is 0. The lowest BCUT2D eigenvalue weighted by atomic mass is 9.69. The smallest absolute Gasteiger partial charge is 0.00502 e. The molecule has 0 spiro atoms. The minimum atomic E-state index is 0.423. The van der Waals surface area contributed by atoms with Gasteiger partial charge in [0.25, 0.3) is 0 Å². The van der Waals surface area contributed by atoms with Crippen LogP contribution in [0.4, 0.5) is 0 Å². The Balaban J connectivity index is 1.81. The van der Waals surface area contributed by atoms with Crippen LogP contribution in [-0.4, -0.2) is 56.6 Å². The molecule has 3 nitrogen and oxygen atoms in total. The first-order valence-corrected chi connectivity index (χ1v) is 8.60.